The predicted octanol–water partition coefficient (Wildman–Crippen LogP) is 1.62. The van der Waals surface area contributed by atoms with Gasteiger partial charge in [0, 0.05) is 23.2 Å². The molecule has 0 saturated carbocycles. The van der Waals surface area contributed by atoms with Crippen molar-refractivity contribution in [2.75, 3.05) is 6.54 Å². The van der Waals surface area contributed by atoms with Gasteiger partial charge in [0.05, 0.1) is 6.54 Å². The van der Waals surface area contributed by atoms with Crippen LogP contribution in [-0.2, 0) is 12.0 Å². The Morgan fingerprint density at radius 1 is 1.41 bits per heavy atom. The first-order valence-electron chi connectivity index (χ1n) is 6.50. The van der Waals surface area contributed by atoms with Crippen LogP contribution in [0.5, 0.6) is 0 Å². The van der Waals surface area contributed by atoms with E-state index in [4.69, 9.17) is 0 Å². The number of H-pyrrole nitrogens is 1. The average Bonchev–Trinajstić information content (AvgIpc) is 2.62. The molecular formula is C13H23N3O. The van der Waals surface area contributed by atoms with E-state index in [1.54, 1.807) is 10.7 Å². The first kappa shape index (κ1) is 12.4. The van der Waals surface area contributed by atoms with Gasteiger partial charge in [0.2, 0.25) is 0 Å². The molecular weight excluding hydrogens is 214 g/mol. The van der Waals surface area contributed by atoms with Crippen molar-refractivity contribution in [2.45, 2.75) is 58.0 Å². The molecule has 0 spiro atoms. The average molecular weight is 237 g/mol. The molecule has 2 heterocycles. The van der Waals surface area contributed by atoms with Crippen LogP contribution >= 0.6 is 0 Å². The van der Waals surface area contributed by atoms with Gasteiger partial charge in [0.15, 0.2) is 0 Å². The van der Waals surface area contributed by atoms with Crippen LogP contribution in [0.3, 0.4) is 0 Å². The highest BCUT2D eigenvalue weighted by atomic mass is 16.1. The third kappa shape index (κ3) is 3.00. The van der Waals surface area contributed by atoms with E-state index in [-0.39, 0.29) is 11.0 Å². The minimum absolute atomic E-state index is 0.00437. The summed E-state index contributed by atoms with van der Waals surface area (Å²) < 4.78 is 1.74. The molecule has 2 N–H and O–H groups in total. The Balaban J connectivity index is 2.10. The van der Waals surface area contributed by atoms with Crippen LogP contribution in [-0.4, -0.2) is 22.4 Å². The fourth-order valence-electron chi connectivity index (χ4n) is 2.25. The van der Waals surface area contributed by atoms with Crippen molar-refractivity contribution in [1.29, 1.82) is 0 Å². The Labute approximate surface area is 102 Å². The van der Waals surface area contributed by atoms with E-state index in [2.05, 4.69) is 31.2 Å². The normalized spacial score (nSPS) is 21.7. The van der Waals surface area contributed by atoms with Gasteiger partial charge >= 0.3 is 0 Å². The van der Waals surface area contributed by atoms with E-state index in [1.807, 2.05) is 0 Å². The van der Waals surface area contributed by atoms with Crippen molar-refractivity contribution in [3.63, 3.8) is 0 Å². The third-order valence-electron chi connectivity index (χ3n) is 3.41. The molecule has 0 amide bonds. The molecule has 1 fully saturated rings. The first-order chi connectivity index (χ1) is 7.97. The van der Waals surface area contributed by atoms with Gasteiger partial charge in [0.1, 0.15) is 0 Å². The standard InChI is InChI=1S/C13H23N3O/c1-13(2,3)11-8-12(17)16(15-11)9-10-6-4-5-7-14-10/h8,10,14-15H,4-7,9H2,1-3H3/t10-/m0/s1. The summed E-state index contributed by atoms with van der Waals surface area (Å²) in [5, 5.41) is 6.70. The van der Waals surface area contributed by atoms with E-state index in [0.29, 0.717) is 6.04 Å². The summed E-state index contributed by atoms with van der Waals surface area (Å²) in [7, 11) is 0. The number of nitrogens with zero attached hydrogens (tertiary/aromatic N) is 1. The summed E-state index contributed by atoms with van der Waals surface area (Å²) >= 11 is 0. The molecule has 1 aromatic heterocycles. The lowest BCUT2D eigenvalue weighted by Crippen LogP contribution is -2.39. The smallest absolute Gasteiger partial charge is 0.266 e. The lowest BCUT2D eigenvalue weighted by atomic mass is 9.93. The number of aromatic amines is 1. The van der Waals surface area contributed by atoms with Crippen LogP contribution in [0.15, 0.2) is 10.9 Å². The van der Waals surface area contributed by atoms with Crippen LogP contribution < -0.4 is 10.9 Å². The monoisotopic (exact) mass is 237 g/mol. The quantitative estimate of drug-likeness (QED) is 0.821. The second-order valence-corrected chi connectivity index (χ2v) is 6.02. The van der Waals surface area contributed by atoms with Gasteiger partial charge in [-0.2, -0.15) is 0 Å². The van der Waals surface area contributed by atoms with Crippen LogP contribution in [0.4, 0.5) is 0 Å². The molecule has 0 unspecified atom stereocenters. The summed E-state index contributed by atoms with van der Waals surface area (Å²) in [6.07, 6.45) is 3.68. The Morgan fingerprint density at radius 3 is 2.71 bits per heavy atom. The minimum Gasteiger partial charge on any atom is -0.312 e. The van der Waals surface area contributed by atoms with E-state index < -0.39 is 0 Å². The highest BCUT2D eigenvalue weighted by molar-refractivity contribution is 5.10. The third-order valence-corrected chi connectivity index (χ3v) is 3.41. The van der Waals surface area contributed by atoms with Crippen molar-refractivity contribution in [1.82, 2.24) is 15.1 Å². The molecule has 0 aromatic carbocycles. The predicted molar refractivity (Wildman–Crippen MR) is 69.4 cm³/mol. The zero-order chi connectivity index (χ0) is 12.5. The number of aromatic nitrogens is 2. The molecule has 17 heavy (non-hydrogen) atoms. The molecule has 1 saturated heterocycles. The van der Waals surface area contributed by atoms with Gasteiger partial charge in [-0.1, -0.05) is 27.2 Å². The van der Waals surface area contributed by atoms with Crippen LogP contribution in [0.1, 0.15) is 45.7 Å². The molecule has 4 nitrogen and oxygen atoms in total. The molecule has 1 aliphatic rings. The maximum Gasteiger partial charge on any atom is 0.266 e. The lowest BCUT2D eigenvalue weighted by molar-refractivity contribution is 0.345. The minimum atomic E-state index is 0.00437. The Kier molecular flexibility index (Phi) is 3.43. The van der Waals surface area contributed by atoms with Crippen molar-refractivity contribution < 1.29 is 0 Å². The van der Waals surface area contributed by atoms with Crippen LogP contribution in [0, 0.1) is 0 Å². The molecule has 1 aliphatic heterocycles. The van der Waals surface area contributed by atoms with E-state index in [9.17, 15) is 4.79 Å². The van der Waals surface area contributed by atoms with E-state index in [0.717, 1.165) is 25.2 Å². The van der Waals surface area contributed by atoms with Crippen LogP contribution in [0.2, 0.25) is 0 Å². The Morgan fingerprint density at radius 2 is 2.18 bits per heavy atom. The fourth-order valence-corrected chi connectivity index (χ4v) is 2.25. The number of rotatable bonds is 2. The molecule has 4 heteroatoms. The molecule has 96 valence electrons. The second-order valence-electron chi connectivity index (χ2n) is 6.02. The van der Waals surface area contributed by atoms with Crippen LogP contribution in [0.25, 0.3) is 0 Å². The van der Waals surface area contributed by atoms with E-state index >= 15 is 0 Å². The highest BCUT2D eigenvalue weighted by Crippen LogP contribution is 2.18. The molecule has 0 bridgehead atoms. The number of hydrogen-bond acceptors (Lipinski definition) is 2. The molecule has 0 aliphatic carbocycles. The summed E-state index contributed by atoms with van der Waals surface area (Å²) in [5.41, 5.74) is 1.10. The first-order valence-corrected chi connectivity index (χ1v) is 6.50. The molecule has 1 atom stereocenters. The SMILES string of the molecule is CC(C)(C)c1cc(=O)n(C[C@@H]2CCCCN2)[nH]1. The summed E-state index contributed by atoms with van der Waals surface area (Å²) in [6.45, 7) is 8.17. The highest BCUT2D eigenvalue weighted by Gasteiger charge is 2.19. The van der Waals surface area contributed by atoms with Gasteiger partial charge < -0.3 is 5.32 Å². The maximum atomic E-state index is 11.9. The molecule has 1 aromatic rings. The number of piperidine rings is 1. The zero-order valence-electron chi connectivity index (χ0n) is 11.0. The topological polar surface area (TPSA) is 49.8 Å². The van der Waals surface area contributed by atoms with Crippen molar-refractivity contribution >= 4 is 0 Å². The van der Waals surface area contributed by atoms with Gasteiger partial charge in [-0.25, -0.2) is 0 Å². The van der Waals surface area contributed by atoms with Crippen molar-refractivity contribution in [3.8, 4) is 0 Å². The van der Waals surface area contributed by atoms with Crippen molar-refractivity contribution in [2.24, 2.45) is 0 Å². The zero-order valence-corrected chi connectivity index (χ0v) is 11.0. The lowest BCUT2D eigenvalue weighted by Gasteiger charge is -2.23. The van der Waals surface area contributed by atoms with Gasteiger partial charge in [-0.3, -0.25) is 14.6 Å². The molecule has 2 rings (SSSR count). The summed E-state index contributed by atoms with van der Waals surface area (Å²) in [6, 6.07) is 2.16. The second kappa shape index (κ2) is 4.69. The largest absolute Gasteiger partial charge is 0.312 e. The summed E-state index contributed by atoms with van der Waals surface area (Å²) in [4.78, 5) is 11.9. The summed E-state index contributed by atoms with van der Waals surface area (Å²) in [5.74, 6) is 0. The Bertz CT molecular complexity index is 419. The fraction of sp³-hybridized carbons (Fsp3) is 0.769. The Hall–Kier alpha value is -1.03. The molecule has 0 radical (unpaired) electrons. The van der Waals surface area contributed by atoms with E-state index in [1.165, 1.54) is 12.8 Å². The van der Waals surface area contributed by atoms with Gasteiger partial charge in [-0.05, 0) is 19.4 Å². The number of hydrogen-bond donors (Lipinski definition) is 2. The van der Waals surface area contributed by atoms with Crippen molar-refractivity contribution in [3.05, 3.63) is 22.1 Å². The maximum absolute atomic E-state index is 11.9. The van der Waals surface area contributed by atoms with Gasteiger partial charge in [-0.15, -0.1) is 0 Å². The van der Waals surface area contributed by atoms with Gasteiger partial charge in [0.25, 0.3) is 5.56 Å². The number of nitrogens with one attached hydrogen (secondary N) is 2.